The summed E-state index contributed by atoms with van der Waals surface area (Å²) >= 11 is 0. The highest BCUT2D eigenvalue weighted by molar-refractivity contribution is 6.76. The fourth-order valence-electron chi connectivity index (χ4n) is 3.52. The minimum Gasteiger partial charge on any atom is -0.380 e. The van der Waals surface area contributed by atoms with Crippen LogP contribution in [0.25, 0.3) is 22.3 Å². The van der Waals surface area contributed by atoms with Gasteiger partial charge >= 0.3 is 0 Å². The molecule has 1 aliphatic heterocycles. The van der Waals surface area contributed by atoms with Crippen LogP contribution in [0.4, 0.5) is 4.39 Å². The molecule has 3 aromatic rings. The fraction of sp³-hybridized carbons (Fsp3) is 0.391. The van der Waals surface area contributed by atoms with E-state index in [9.17, 15) is 14.8 Å². The van der Waals surface area contributed by atoms with Crippen LogP contribution in [-0.4, -0.2) is 42.6 Å². The number of pyridine rings is 1. The van der Waals surface area contributed by atoms with Crippen LogP contribution in [0, 0.1) is 17.1 Å². The minimum absolute atomic E-state index is 0.171. The second kappa shape index (κ2) is 8.17. The summed E-state index contributed by atoms with van der Waals surface area (Å²) in [5.41, 5.74) is 1.85. The number of aliphatic hydroxyl groups is 1. The van der Waals surface area contributed by atoms with E-state index in [0.717, 1.165) is 11.6 Å². The van der Waals surface area contributed by atoms with Crippen molar-refractivity contribution in [2.24, 2.45) is 0 Å². The second-order valence-electron chi connectivity index (χ2n) is 9.26. The molecule has 3 heterocycles. The van der Waals surface area contributed by atoms with Crippen LogP contribution in [0.5, 0.6) is 0 Å². The van der Waals surface area contributed by atoms with Crippen LogP contribution < -0.4 is 0 Å². The van der Waals surface area contributed by atoms with Gasteiger partial charge in [-0.3, -0.25) is 0 Å². The topological polar surface area (TPSA) is 80.3 Å². The first-order valence-corrected chi connectivity index (χ1v) is 14.0. The molecule has 31 heavy (non-hydrogen) atoms. The zero-order valence-electron chi connectivity index (χ0n) is 18.0. The molecule has 0 amide bonds. The van der Waals surface area contributed by atoms with Gasteiger partial charge in [0.2, 0.25) is 0 Å². The maximum absolute atomic E-state index is 15.0. The van der Waals surface area contributed by atoms with Crippen molar-refractivity contribution in [1.82, 2.24) is 9.55 Å². The highest BCUT2D eigenvalue weighted by atomic mass is 28.3. The number of aromatic nitrogens is 2. The summed E-state index contributed by atoms with van der Waals surface area (Å²) in [6.45, 7) is 8.23. The lowest BCUT2D eigenvalue weighted by Gasteiger charge is -2.36. The van der Waals surface area contributed by atoms with Crippen molar-refractivity contribution in [2.45, 2.75) is 38.0 Å². The molecular weight excluding hydrogens is 413 g/mol. The smallest absolute Gasteiger partial charge is 0.151 e. The van der Waals surface area contributed by atoms with Gasteiger partial charge in [0.15, 0.2) is 5.82 Å². The molecule has 2 aromatic heterocycles. The first-order valence-electron chi connectivity index (χ1n) is 10.3. The summed E-state index contributed by atoms with van der Waals surface area (Å²) in [6.07, 6.45) is 1.66. The zero-order valence-corrected chi connectivity index (χ0v) is 19.0. The van der Waals surface area contributed by atoms with Gasteiger partial charge in [-0.1, -0.05) is 43.9 Å². The van der Waals surface area contributed by atoms with E-state index in [0.29, 0.717) is 28.8 Å². The molecule has 1 aromatic carbocycles. The highest BCUT2D eigenvalue weighted by Crippen LogP contribution is 2.32. The van der Waals surface area contributed by atoms with Gasteiger partial charge in [0.25, 0.3) is 0 Å². The van der Waals surface area contributed by atoms with Crippen molar-refractivity contribution >= 4 is 19.1 Å². The normalized spacial score (nSPS) is 15.6. The molecule has 0 saturated carbocycles. The molecule has 1 fully saturated rings. The molecule has 6 nitrogen and oxygen atoms in total. The number of ether oxygens (including phenoxy) is 2. The van der Waals surface area contributed by atoms with Gasteiger partial charge in [-0.05, 0) is 11.6 Å². The van der Waals surface area contributed by atoms with E-state index >= 15 is 0 Å². The van der Waals surface area contributed by atoms with Crippen molar-refractivity contribution in [3.63, 3.8) is 0 Å². The van der Waals surface area contributed by atoms with Crippen molar-refractivity contribution in [2.75, 3.05) is 19.8 Å². The third-order valence-electron chi connectivity index (χ3n) is 5.53. The van der Waals surface area contributed by atoms with Crippen LogP contribution >= 0.6 is 0 Å². The zero-order chi connectivity index (χ0) is 22.2. The number of nitrogens with zero attached hydrogens (tertiary/aromatic N) is 3. The monoisotopic (exact) mass is 439 g/mol. The summed E-state index contributed by atoms with van der Waals surface area (Å²) < 4.78 is 27.6. The first-order chi connectivity index (χ1) is 14.7. The van der Waals surface area contributed by atoms with Crippen molar-refractivity contribution in [3.8, 4) is 17.3 Å². The van der Waals surface area contributed by atoms with Crippen LogP contribution in [-0.2, 0) is 21.8 Å². The largest absolute Gasteiger partial charge is 0.380 e. The molecule has 0 bridgehead atoms. The molecule has 1 saturated heterocycles. The minimum atomic E-state index is -1.20. The number of fused-ring (bicyclic) bond motifs is 1. The molecule has 8 heteroatoms. The summed E-state index contributed by atoms with van der Waals surface area (Å²) in [5, 5.41) is 19.9. The lowest BCUT2D eigenvalue weighted by molar-refractivity contribution is -0.184. The maximum atomic E-state index is 15.0. The van der Waals surface area contributed by atoms with Gasteiger partial charge in [-0.25, -0.2) is 9.37 Å². The number of hydrogen-bond donors (Lipinski definition) is 1. The molecule has 0 radical (unpaired) electrons. The predicted molar refractivity (Wildman–Crippen MR) is 119 cm³/mol. The van der Waals surface area contributed by atoms with Crippen molar-refractivity contribution in [3.05, 3.63) is 53.5 Å². The van der Waals surface area contributed by atoms with Crippen LogP contribution in [0.1, 0.15) is 11.1 Å². The fourth-order valence-corrected chi connectivity index (χ4v) is 4.27. The number of benzene rings is 1. The number of nitriles is 1. The Labute approximate surface area is 181 Å². The summed E-state index contributed by atoms with van der Waals surface area (Å²) in [5.74, 6) is -0.475. The molecule has 1 N–H and O–H groups in total. The van der Waals surface area contributed by atoms with Gasteiger partial charge in [0.1, 0.15) is 29.6 Å². The van der Waals surface area contributed by atoms with Gasteiger partial charge in [0, 0.05) is 32.5 Å². The molecule has 4 rings (SSSR count). The molecule has 0 unspecified atom stereocenters. The Morgan fingerprint density at radius 1 is 1.29 bits per heavy atom. The lowest BCUT2D eigenvalue weighted by atomic mass is 9.91. The third kappa shape index (κ3) is 4.41. The summed E-state index contributed by atoms with van der Waals surface area (Å²) in [7, 11) is -1.20. The average Bonchev–Trinajstić information content (AvgIpc) is 3.05. The summed E-state index contributed by atoms with van der Waals surface area (Å²) in [6, 6.07) is 11.6. The summed E-state index contributed by atoms with van der Waals surface area (Å²) in [4.78, 5) is 4.48. The highest BCUT2D eigenvalue weighted by Gasteiger charge is 2.37. The van der Waals surface area contributed by atoms with E-state index in [1.54, 1.807) is 35.0 Å². The van der Waals surface area contributed by atoms with E-state index in [2.05, 4.69) is 30.7 Å². The molecule has 1 aliphatic rings. The number of hydrogen-bond acceptors (Lipinski definition) is 5. The van der Waals surface area contributed by atoms with Gasteiger partial charge in [0.05, 0.1) is 24.3 Å². The number of rotatable bonds is 7. The lowest BCUT2D eigenvalue weighted by Crippen LogP contribution is -2.46. The van der Waals surface area contributed by atoms with Crippen molar-refractivity contribution < 1.29 is 19.0 Å². The quantitative estimate of drug-likeness (QED) is 0.440. The Kier molecular flexibility index (Phi) is 5.70. The molecule has 162 valence electrons. The van der Waals surface area contributed by atoms with E-state index < -0.39 is 19.5 Å². The average molecular weight is 440 g/mol. The Hall–Kier alpha value is -2.57. The molecule has 0 atom stereocenters. The van der Waals surface area contributed by atoms with E-state index in [4.69, 9.17) is 9.47 Å². The standard InChI is InChI=1S/C23H26FN3O3Si/c1-31(2,3)9-8-29-15-27-12-17(11-25)22-20(27)10-19(24)21(26-22)16-4-6-18(7-5-16)23(28)13-30-14-23/h4-7,10,12,28H,8-9,13-15H2,1-3H3. The van der Waals surface area contributed by atoms with Gasteiger partial charge < -0.3 is 19.1 Å². The molecule has 0 spiro atoms. The Morgan fingerprint density at radius 2 is 2.00 bits per heavy atom. The number of halogens is 1. The van der Waals surface area contributed by atoms with Crippen LogP contribution in [0.2, 0.25) is 25.7 Å². The van der Waals surface area contributed by atoms with Crippen LogP contribution in [0.3, 0.4) is 0 Å². The SMILES string of the molecule is C[Si](C)(C)CCOCn1cc(C#N)c2nc(-c3ccc(C4(O)COC4)cc3)c(F)cc21. The van der Waals surface area contributed by atoms with E-state index in [1.165, 1.54) is 6.07 Å². The first kappa shape index (κ1) is 21.7. The van der Waals surface area contributed by atoms with Gasteiger partial charge in [-0.15, -0.1) is 0 Å². The van der Waals surface area contributed by atoms with E-state index in [1.807, 2.05) is 0 Å². The van der Waals surface area contributed by atoms with Gasteiger partial charge in [-0.2, -0.15) is 5.26 Å². The maximum Gasteiger partial charge on any atom is 0.151 e. The Balaban J connectivity index is 1.61. The molecular formula is C23H26FN3O3Si. The predicted octanol–water partition coefficient (Wildman–Crippen LogP) is 4.24. The Morgan fingerprint density at radius 3 is 2.58 bits per heavy atom. The molecule has 0 aliphatic carbocycles. The van der Waals surface area contributed by atoms with Crippen LogP contribution in [0.15, 0.2) is 36.5 Å². The van der Waals surface area contributed by atoms with Crippen molar-refractivity contribution in [1.29, 1.82) is 5.26 Å². The van der Waals surface area contributed by atoms with E-state index in [-0.39, 0.29) is 25.6 Å². The third-order valence-corrected chi connectivity index (χ3v) is 7.23. The Bertz CT molecular complexity index is 1140. The second-order valence-corrected chi connectivity index (χ2v) is 14.9.